The largest absolute Gasteiger partial charge is 0.493 e. The molecule has 2 aromatic carbocycles. The number of nitrogens with one attached hydrogen (secondary N) is 2. The fourth-order valence-electron chi connectivity index (χ4n) is 4.76. The highest BCUT2D eigenvalue weighted by molar-refractivity contribution is 5.83. The number of anilines is 1. The van der Waals surface area contributed by atoms with Gasteiger partial charge in [-0.25, -0.2) is 4.98 Å². The van der Waals surface area contributed by atoms with Crippen LogP contribution in [-0.4, -0.2) is 43.3 Å². The number of methoxy groups -OCH3 is 3. The lowest BCUT2D eigenvalue weighted by Crippen LogP contribution is -2.26. The molecule has 1 unspecified atom stereocenters. The number of ether oxygens (including phenoxy) is 3. The summed E-state index contributed by atoms with van der Waals surface area (Å²) in [4.78, 5) is 29.4. The molecule has 1 aliphatic rings. The van der Waals surface area contributed by atoms with Crippen LogP contribution in [0, 0.1) is 0 Å². The lowest BCUT2D eigenvalue weighted by Gasteiger charge is -2.19. The van der Waals surface area contributed by atoms with Gasteiger partial charge in [0.25, 0.3) is 0 Å². The highest BCUT2D eigenvalue weighted by atomic mass is 16.5. The highest BCUT2D eigenvalue weighted by Gasteiger charge is 2.29. The van der Waals surface area contributed by atoms with E-state index in [1.807, 2.05) is 22.9 Å². The third kappa shape index (κ3) is 5.15. The van der Waals surface area contributed by atoms with Gasteiger partial charge in [0.15, 0.2) is 11.5 Å². The minimum absolute atomic E-state index is 0.142. The maximum absolute atomic E-state index is 13.3. The smallest absolute Gasteiger partial charge is 0.217 e. The minimum atomic E-state index is -0.333. The number of nitrogens with zero attached hydrogens (tertiary/aromatic N) is 2. The van der Waals surface area contributed by atoms with Crippen molar-refractivity contribution in [1.82, 2.24) is 14.9 Å². The second kappa shape index (κ2) is 11.2. The maximum atomic E-state index is 13.3. The third-order valence-corrected chi connectivity index (χ3v) is 6.38. The molecule has 9 heteroatoms. The normalized spacial score (nSPS) is 14.2. The second-order valence-electron chi connectivity index (χ2n) is 8.68. The van der Waals surface area contributed by atoms with Gasteiger partial charge in [0.2, 0.25) is 17.1 Å². The van der Waals surface area contributed by atoms with Crippen LogP contribution in [0.5, 0.6) is 17.2 Å². The molecule has 1 heterocycles. The van der Waals surface area contributed by atoms with E-state index in [-0.39, 0.29) is 17.4 Å². The Labute approximate surface area is 210 Å². The average Bonchev–Trinajstić information content (AvgIpc) is 3.28. The Balaban J connectivity index is 1.79. The first-order valence-electron chi connectivity index (χ1n) is 11.9. The summed E-state index contributed by atoms with van der Waals surface area (Å²) in [5.41, 5.74) is 3.73. The summed E-state index contributed by atoms with van der Waals surface area (Å²) < 4.78 is 19.0. The molecule has 9 nitrogen and oxygen atoms in total. The van der Waals surface area contributed by atoms with Gasteiger partial charge in [-0.1, -0.05) is 6.07 Å². The Kier molecular flexibility index (Phi) is 7.77. The van der Waals surface area contributed by atoms with Gasteiger partial charge in [-0.2, -0.15) is 0 Å². The number of amides is 1. The van der Waals surface area contributed by atoms with Gasteiger partial charge < -0.3 is 29.4 Å². The molecule has 0 bridgehead atoms. The van der Waals surface area contributed by atoms with Crippen LogP contribution in [0.25, 0.3) is 11.1 Å². The quantitative estimate of drug-likeness (QED) is 0.440. The van der Waals surface area contributed by atoms with Crippen LogP contribution in [-0.2, 0) is 17.8 Å². The molecule has 3 aromatic rings. The van der Waals surface area contributed by atoms with Gasteiger partial charge in [0.05, 0.1) is 39.4 Å². The molecule has 1 aliphatic carbocycles. The average molecular weight is 493 g/mol. The van der Waals surface area contributed by atoms with Crippen molar-refractivity contribution in [2.24, 2.45) is 0 Å². The van der Waals surface area contributed by atoms with E-state index >= 15 is 0 Å². The predicted molar refractivity (Wildman–Crippen MR) is 138 cm³/mol. The first kappa shape index (κ1) is 25.1. The first-order valence-corrected chi connectivity index (χ1v) is 11.9. The van der Waals surface area contributed by atoms with E-state index in [2.05, 4.69) is 15.6 Å². The number of aromatic nitrogens is 2. The maximum Gasteiger partial charge on any atom is 0.217 e. The number of benzene rings is 1. The molecule has 4 rings (SSSR count). The second-order valence-corrected chi connectivity index (χ2v) is 8.68. The summed E-state index contributed by atoms with van der Waals surface area (Å²) in [6.07, 6.45) is 7.54. The molecule has 2 N–H and O–H groups in total. The third-order valence-electron chi connectivity index (χ3n) is 6.38. The van der Waals surface area contributed by atoms with Crippen molar-refractivity contribution < 1.29 is 19.0 Å². The Bertz CT molecular complexity index is 1290. The zero-order chi connectivity index (χ0) is 25.7. The van der Waals surface area contributed by atoms with E-state index in [1.165, 1.54) is 6.92 Å². The number of imidazole rings is 1. The summed E-state index contributed by atoms with van der Waals surface area (Å²) in [6.45, 7) is 2.91. The molecule has 0 radical (unpaired) electrons. The number of carbonyl (C=O) groups is 1. The number of carbonyl (C=O) groups excluding carboxylic acids is 1. The van der Waals surface area contributed by atoms with E-state index in [9.17, 15) is 9.59 Å². The van der Waals surface area contributed by atoms with Crippen molar-refractivity contribution in [2.75, 3.05) is 33.2 Å². The Morgan fingerprint density at radius 3 is 2.61 bits per heavy atom. The number of fused-ring (bicyclic) bond motifs is 3. The van der Waals surface area contributed by atoms with Crippen LogP contribution < -0.4 is 30.3 Å². The summed E-state index contributed by atoms with van der Waals surface area (Å²) in [5.74, 6) is 1.42. The van der Waals surface area contributed by atoms with Crippen molar-refractivity contribution in [3.05, 3.63) is 64.3 Å². The standard InChI is InChI=1S/C27H32N4O5/c1-17(32)30-21-8-6-18-14-24(34-2)26(35-3)27(36-4)25(18)19-7-9-22(23(33)15-20(19)21)29-10-5-12-31-13-11-28-16-31/h7,9,11,13-16,21H,5-6,8,10,12H2,1-4H3,(H,29,33)(H,30,32). The van der Waals surface area contributed by atoms with Crippen molar-refractivity contribution in [3.8, 4) is 28.4 Å². The first-order chi connectivity index (χ1) is 17.5. The van der Waals surface area contributed by atoms with E-state index in [1.54, 1.807) is 46.0 Å². The molecule has 0 aliphatic heterocycles. The lowest BCUT2D eigenvalue weighted by molar-refractivity contribution is -0.119. The van der Waals surface area contributed by atoms with Crippen molar-refractivity contribution in [2.45, 2.75) is 38.8 Å². The van der Waals surface area contributed by atoms with Crippen LogP contribution in [0.15, 0.2) is 47.8 Å². The predicted octanol–water partition coefficient (Wildman–Crippen LogP) is 3.56. The van der Waals surface area contributed by atoms with Gasteiger partial charge in [0.1, 0.15) is 0 Å². The highest BCUT2D eigenvalue weighted by Crippen LogP contribution is 2.50. The van der Waals surface area contributed by atoms with Gasteiger partial charge in [0, 0.05) is 38.0 Å². The zero-order valence-electron chi connectivity index (χ0n) is 21.1. The molecule has 0 saturated carbocycles. The summed E-state index contributed by atoms with van der Waals surface area (Å²) in [6, 6.07) is 6.95. The molecule has 36 heavy (non-hydrogen) atoms. The van der Waals surface area contributed by atoms with E-state index in [0.717, 1.165) is 35.2 Å². The monoisotopic (exact) mass is 492 g/mol. The molecule has 1 aromatic heterocycles. The summed E-state index contributed by atoms with van der Waals surface area (Å²) >= 11 is 0. The summed E-state index contributed by atoms with van der Waals surface area (Å²) in [5, 5.41) is 6.30. The number of rotatable bonds is 9. The van der Waals surface area contributed by atoms with Crippen LogP contribution in [0.3, 0.4) is 0 Å². The topological polar surface area (TPSA) is 104 Å². The van der Waals surface area contributed by atoms with Crippen LogP contribution in [0.4, 0.5) is 5.69 Å². The fraction of sp³-hybridized carbons (Fsp3) is 0.370. The van der Waals surface area contributed by atoms with E-state index in [4.69, 9.17) is 14.2 Å². The minimum Gasteiger partial charge on any atom is -0.493 e. The van der Waals surface area contributed by atoms with Gasteiger partial charge in [-0.3, -0.25) is 9.59 Å². The lowest BCUT2D eigenvalue weighted by atomic mass is 9.95. The van der Waals surface area contributed by atoms with Gasteiger partial charge in [-0.15, -0.1) is 0 Å². The van der Waals surface area contributed by atoms with E-state index < -0.39 is 0 Å². The molecule has 1 amide bonds. The fourth-order valence-corrected chi connectivity index (χ4v) is 4.76. The molecule has 1 atom stereocenters. The van der Waals surface area contributed by atoms with Crippen molar-refractivity contribution in [1.29, 1.82) is 0 Å². The molecule has 0 saturated heterocycles. The van der Waals surface area contributed by atoms with Gasteiger partial charge in [-0.05, 0) is 54.2 Å². The Morgan fingerprint density at radius 2 is 1.94 bits per heavy atom. The van der Waals surface area contributed by atoms with Crippen LogP contribution in [0.2, 0.25) is 0 Å². The molecule has 0 spiro atoms. The van der Waals surface area contributed by atoms with Crippen molar-refractivity contribution in [3.63, 3.8) is 0 Å². The molecular weight excluding hydrogens is 460 g/mol. The molecular formula is C27H32N4O5. The molecule has 0 fully saturated rings. The number of hydrogen-bond donors (Lipinski definition) is 2. The number of aryl methyl sites for hydroxylation is 2. The number of hydrogen-bond acceptors (Lipinski definition) is 7. The molecule has 190 valence electrons. The van der Waals surface area contributed by atoms with E-state index in [0.29, 0.717) is 42.3 Å². The van der Waals surface area contributed by atoms with Gasteiger partial charge >= 0.3 is 0 Å². The SMILES string of the molecule is COc1cc2c(c(OC)c1OC)-c1ccc(NCCCn3ccnc3)c(=O)cc1C(NC(C)=O)CC2. The van der Waals surface area contributed by atoms with Crippen molar-refractivity contribution >= 4 is 11.6 Å². The Hall–Kier alpha value is -4.01. The Morgan fingerprint density at radius 1 is 1.14 bits per heavy atom. The van der Waals surface area contributed by atoms with Crippen LogP contribution >= 0.6 is 0 Å². The van der Waals surface area contributed by atoms with Crippen LogP contribution in [0.1, 0.15) is 36.9 Å². The summed E-state index contributed by atoms with van der Waals surface area (Å²) in [7, 11) is 4.74. The zero-order valence-corrected chi connectivity index (χ0v) is 21.1.